The van der Waals surface area contributed by atoms with Gasteiger partial charge in [0.2, 0.25) is 11.8 Å². The number of thiophene rings is 1. The highest BCUT2D eigenvalue weighted by atomic mass is 32.2. The molecule has 140 valence electrons. The van der Waals surface area contributed by atoms with Crippen LogP contribution in [0.15, 0.2) is 46.0 Å². The molecule has 0 aliphatic carbocycles. The summed E-state index contributed by atoms with van der Waals surface area (Å²) in [5.41, 5.74) is 0.391. The van der Waals surface area contributed by atoms with Crippen LogP contribution in [0.5, 0.6) is 0 Å². The van der Waals surface area contributed by atoms with Gasteiger partial charge in [0.15, 0.2) is 9.84 Å². The summed E-state index contributed by atoms with van der Waals surface area (Å²) in [4.78, 5) is 22.7. The van der Waals surface area contributed by atoms with Crippen LogP contribution < -0.4 is 10.6 Å². The lowest BCUT2D eigenvalue weighted by atomic mass is 10.1. The highest BCUT2D eigenvalue weighted by Gasteiger charge is 2.30. The molecule has 0 saturated carbocycles. The Morgan fingerprint density at radius 1 is 1.15 bits per heavy atom. The minimum Gasteiger partial charge on any atom is -0.356 e. The third-order valence-electron chi connectivity index (χ3n) is 3.60. The van der Waals surface area contributed by atoms with Crippen molar-refractivity contribution in [3.8, 4) is 0 Å². The number of halogens is 1. The maximum Gasteiger partial charge on any atom is 0.221 e. The molecule has 1 heterocycles. The third kappa shape index (κ3) is 5.37. The van der Waals surface area contributed by atoms with E-state index in [-0.39, 0.29) is 35.5 Å². The van der Waals surface area contributed by atoms with Gasteiger partial charge in [0.25, 0.3) is 0 Å². The number of benzene rings is 1. The average Bonchev–Trinajstić information content (AvgIpc) is 3.11. The van der Waals surface area contributed by atoms with Gasteiger partial charge >= 0.3 is 0 Å². The van der Waals surface area contributed by atoms with Gasteiger partial charge in [0, 0.05) is 26.4 Å². The maximum atomic E-state index is 13.2. The van der Waals surface area contributed by atoms with E-state index in [9.17, 15) is 22.4 Å². The molecule has 1 aromatic heterocycles. The first-order valence-electron chi connectivity index (χ1n) is 7.84. The number of carbonyl (C=O) groups is 2. The second kappa shape index (κ2) is 8.91. The minimum absolute atomic E-state index is 0.0365. The topological polar surface area (TPSA) is 92.3 Å². The molecule has 0 saturated heterocycles. The number of hydrogen-bond donors (Lipinski definition) is 2. The summed E-state index contributed by atoms with van der Waals surface area (Å²) in [6.07, 6.45) is 0.0365. The molecule has 0 bridgehead atoms. The molecule has 1 atom stereocenters. The van der Waals surface area contributed by atoms with Gasteiger partial charge in [-0.25, -0.2) is 12.8 Å². The zero-order chi connectivity index (χ0) is 19.2. The van der Waals surface area contributed by atoms with E-state index in [2.05, 4.69) is 10.6 Å². The Morgan fingerprint density at radius 2 is 1.85 bits per heavy atom. The molecule has 0 radical (unpaired) electrons. The summed E-state index contributed by atoms with van der Waals surface area (Å²) >= 11 is 1.09. The Hall–Kier alpha value is -2.26. The van der Waals surface area contributed by atoms with Gasteiger partial charge in [-0.2, -0.15) is 0 Å². The molecule has 0 aliphatic rings. The van der Waals surface area contributed by atoms with Gasteiger partial charge in [-0.05, 0) is 29.1 Å². The van der Waals surface area contributed by atoms with Gasteiger partial charge < -0.3 is 10.6 Å². The fourth-order valence-electron chi connectivity index (χ4n) is 2.30. The maximum absolute atomic E-state index is 13.2. The fourth-order valence-corrected chi connectivity index (χ4v) is 5.16. The zero-order valence-corrected chi connectivity index (χ0v) is 15.7. The molecule has 6 nitrogen and oxygen atoms in total. The van der Waals surface area contributed by atoms with Crippen LogP contribution in [-0.4, -0.2) is 33.3 Å². The largest absolute Gasteiger partial charge is 0.356 e. The van der Waals surface area contributed by atoms with Crippen molar-refractivity contribution in [2.24, 2.45) is 0 Å². The minimum atomic E-state index is -3.74. The number of carbonyl (C=O) groups excluding carboxylic acids is 2. The quantitative estimate of drug-likeness (QED) is 0.712. The third-order valence-corrected chi connectivity index (χ3v) is 7.13. The number of amides is 2. The molecule has 2 amide bonds. The lowest BCUT2D eigenvalue weighted by Gasteiger charge is -2.18. The summed E-state index contributed by atoms with van der Waals surface area (Å²) in [6.45, 7) is 1.36. The average molecular weight is 398 g/mol. The van der Waals surface area contributed by atoms with Crippen LogP contribution >= 0.6 is 11.3 Å². The van der Waals surface area contributed by atoms with Crippen molar-refractivity contribution in [2.75, 3.05) is 13.1 Å². The first-order valence-corrected chi connectivity index (χ1v) is 10.3. The molecule has 9 heteroatoms. The summed E-state index contributed by atoms with van der Waals surface area (Å²) in [5, 5.41) is 5.69. The van der Waals surface area contributed by atoms with E-state index < -0.39 is 20.9 Å². The van der Waals surface area contributed by atoms with Crippen molar-refractivity contribution in [2.45, 2.75) is 22.8 Å². The van der Waals surface area contributed by atoms with Crippen LogP contribution in [0.1, 0.15) is 24.2 Å². The van der Waals surface area contributed by atoms with E-state index in [1.807, 2.05) is 0 Å². The summed E-state index contributed by atoms with van der Waals surface area (Å²) in [5.74, 6) is -1.10. The second-order valence-electron chi connectivity index (χ2n) is 5.55. The Balaban J connectivity index is 2.15. The van der Waals surface area contributed by atoms with Crippen molar-refractivity contribution in [1.29, 1.82) is 0 Å². The predicted octanol–water partition coefficient (Wildman–Crippen LogP) is 2.04. The van der Waals surface area contributed by atoms with Crippen LogP contribution in [0.2, 0.25) is 0 Å². The SMILES string of the molecule is CC(=O)NCCC(=O)NCC(c1ccc(F)cc1)S(=O)(=O)c1cccs1. The van der Waals surface area contributed by atoms with Crippen molar-refractivity contribution in [3.63, 3.8) is 0 Å². The number of hydrogen-bond acceptors (Lipinski definition) is 5. The number of nitrogens with one attached hydrogen (secondary N) is 2. The molecule has 1 aromatic carbocycles. The molecule has 2 rings (SSSR count). The molecule has 2 aromatic rings. The second-order valence-corrected chi connectivity index (χ2v) is 8.86. The number of sulfone groups is 1. The Kier molecular flexibility index (Phi) is 6.87. The van der Waals surface area contributed by atoms with Gasteiger partial charge in [-0.3, -0.25) is 9.59 Å². The van der Waals surface area contributed by atoms with Crippen LogP contribution in [0, 0.1) is 5.82 Å². The number of rotatable bonds is 8. The van der Waals surface area contributed by atoms with Crippen LogP contribution in [0.4, 0.5) is 4.39 Å². The monoisotopic (exact) mass is 398 g/mol. The van der Waals surface area contributed by atoms with E-state index >= 15 is 0 Å². The lowest BCUT2D eigenvalue weighted by molar-refractivity contribution is -0.121. The normalized spacial score (nSPS) is 12.4. The van der Waals surface area contributed by atoms with Gasteiger partial charge in [0.05, 0.1) is 0 Å². The van der Waals surface area contributed by atoms with Gasteiger partial charge in [-0.1, -0.05) is 18.2 Å². The van der Waals surface area contributed by atoms with Gasteiger partial charge in [0.1, 0.15) is 15.3 Å². The van der Waals surface area contributed by atoms with E-state index in [0.717, 1.165) is 11.3 Å². The first-order chi connectivity index (χ1) is 12.3. The van der Waals surface area contributed by atoms with Crippen LogP contribution in [0.3, 0.4) is 0 Å². The van der Waals surface area contributed by atoms with E-state index in [4.69, 9.17) is 0 Å². The van der Waals surface area contributed by atoms with Gasteiger partial charge in [-0.15, -0.1) is 11.3 Å². The molecular formula is C17H19FN2O4S2. The molecule has 2 N–H and O–H groups in total. The summed E-state index contributed by atoms with van der Waals surface area (Å²) < 4.78 is 39.2. The predicted molar refractivity (Wildman–Crippen MR) is 97.0 cm³/mol. The summed E-state index contributed by atoms with van der Waals surface area (Å²) in [6, 6.07) is 8.29. The molecule has 0 spiro atoms. The standard InChI is InChI=1S/C17H19FN2O4S2/c1-12(21)19-9-8-16(22)20-11-15(13-4-6-14(18)7-5-13)26(23,24)17-3-2-10-25-17/h2-7,10,15H,8-9,11H2,1H3,(H,19,21)(H,20,22). The fraction of sp³-hybridized carbons (Fsp3) is 0.294. The van der Waals surface area contributed by atoms with Crippen molar-refractivity contribution in [1.82, 2.24) is 10.6 Å². The Morgan fingerprint density at radius 3 is 2.42 bits per heavy atom. The Labute approximate surface area is 155 Å². The van der Waals surface area contributed by atoms with E-state index in [0.29, 0.717) is 5.56 Å². The van der Waals surface area contributed by atoms with E-state index in [1.165, 1.54) is 37.3 Å². The molecule has 0 aliphatic heterocycles. The zero-order valence-electron chi connectivity index (χ0n) is 14.1. The highest BCUT2D eigenvalue weighted by molar-refractivity contribution is 7.93. The molecular weight excluding hydrogens is 379 g/mol. The van der Waals surface area contributed by atoms with Crippen LogP contribution in [0.25, 0.3) is 0 Å². The van der Waals surface area contributed by atoms with Crippen molar-refractivity contribution < 1.29 is 22.4 Å². The highest BCUT2D eigenvalue weighted by Crippen LogP contribution is 2.31. The lowest BCUT2D eigenvalue weighted by Crippen LogP contribution is -2.34. The molecule has 26 heavy (non-hydrogen) atoms. The first kappa shape index (κ1) is 20.1. The smallest absolute Gasteiger partial charge is 0.221 e. The van der Waals surface area contributed by atoms with Crippen molar-refractivity contribution >= 4 is 33.0 Å². The summed E-state index contributed by atoms with van der Waals surface area (Å²) in [7, 11) is -3.74. The van der Waals surface area contributed by atoms with Crippen molar-refractivity contribution in [3.05, 3.63) is 53.2 Å². The van der Waals surface area contributed by atoms with Crippen LogP contribution in [-0.2, 0) is 19.4 Å². The Bertz CT molecular complexity index is 849. The molecule has 1 unspecified atom stereocenters. The molecule has 0 fully saturated rings. The van der Waals surface area contributed by atoms with E-state index in [1.54, 1.807) is 11.4 Å².